The van der Waals surface area contributed by atoms with E-state index in [1.165, 1.54) is 4.68 Å². The number of para-hydroxylation sites is 1. The van der Waals surface area contributed by atoms with Gasteiger partial charge in [-0.3, -0.25) is 4.79 Å². The molecule has 2 aromatic heterocycles. The van der Waals surface area contributed by atoms with E-state index in [1.807, 2.05) is 54.6 Å². The molecule has 0 radical (unpaired) electrons. The van der Waals surface area contributed by atoms with E-state index in [-0.39, 0.29) is 5.56 Å². The molecule has 0 fully saturated rings. The van der Waals surface area contributed by atoms with Crippen molar-refractivity contribution in [3.05, 3.63) is 106 Å². The summed E-state index contributed by atoms with van der Waals surface area (Å²) in [5.41, 5.74) is 1.76. The maximum atomic E-state index is 13.3. The normalized spacial score (nSPS) is 11.4. The summed E-state index contributed by atoms with van der Waals surface area (Å²) in [4.78, 5) is 18.0. The summed E-state index contributed by atoms with van der Waals surface area (Å²) in [5, 5.41) is 5.85. The van der Waals surface area contributed by atoms with Crippen molar-refractivity contribution in [3.8, 4) is 17.3 Å². The molecule has 0 spiro atoms. The Labute approximate surface area is 197 Å². The van der Waals surface area contributed by atoms with Gasteiger partial charge in [0.25, 0.3) is 5.56 Å². The number of aromatic nitrogens is 2. The van der Waals surface area contributed by atoms with Crippen LogP contribution in [-0.2, 0) is 0 Å². The summed E-state index contributed by atoms with van der Waals surface area (Å²) < 4.78 is 13.8. The van der Waals surface area contributed by atoms with Crippen LogP contribution in [0.4, 0.5) is 0 Å². The lowest BCUT2D eigenvalue weighted by molar-refractivity contribution is 0.363. The van der Waals surface area contributed by atoms with Crippen LogP contribution in [0.3, 0.4) is 0 Å². The Kier molecular flexibility index (Phi) is 5.62. The maximum absolute atomic E-state index is 13.3. The molecule has 0 unspecified atom stereocenters. The summed E-state index contributed by atoms with van der Waals surface area (Å²) >= 11 is 3.48. The van der Waals surface area contributed by atoms with E-state index < -0.39 is 0 Å². The molecular formula is C26H18BrN3O3. The second kappa shape index (κ2) is 8.88. The van der Waals surface area contributed by atoms with Gasteiger partial charge < -0.3 is 9.15 Å². The van der Waals surface area contributed by atoms with Gasteiger partial charge in [-0.15, -0.1) is 0 Å². The van der Waals surface area contributed by atoms with Crippen LogP contribution in [-0.4, -0.2) is 22.5 Å². The second-order valence-corrected chi connectivity index (χ2v) is 8.19. The third kappa shape index (κ3) is 4.23. The van der Waals surface area contributed by atoms with E-state index >= 15 is 0 Å². The third-order valence-electron chi connectivity index (χ3n) is 5.00. The summed E-state index contributed by atoms with van der Waals surface area (Å²) in [7, 11) is 0. The molecule has 3 aromatic carbocycles. The van der Waals surface area contributed by atoms with Crippen LogP contribution in [0.2, 0.25) is 0 Å². The van der Waals surface area contributed by atoms with Gasteiger partial charge in [-0.1, -0.05) is 52.9 Å². The highest BCUT2D eigenvalue weighted by Gasteiger charge is 2.16. The molecule has 0 aliphatic heterocycles. The lowest BCUT2D eigenvalue weighted by Crippen LogP contribution is -2.20. The lowest BCUT2D eigenvalue weighted by atomic mass is 10.2. The van der Waals surface area contributed by atoms with Gasteiger partial charge in [-0.2, -0.15) is 9.78 Å². The molecule has 0 amide bonds. The Morgan fingerprint density at radius 1 is 1.09 bits per heavy atom. The van der Waals surface area contributed by atoms with Crippen LogP contribution in [0.1, 0.15) is 5.56 Å². The zero-order valence-corrected chi connectivity index (χ0v) is 19.0. The number of rotatable bonds is 6. The topological polar surface area (TPSA) is 69.6 Å². The Balaban J connectivity index is 1.65. The van der Waals surface area contributed by atoms with E-state index in [0.717, 1.165) is 15.4 Å². The standard InChI is InChI=1S/C26H18BrN3O3/c1-2-12-32-20-7-5-6-17(13-20)16-28-30-25(29-22-9-4-3-8-21(22)26(30)31)24-15-18-14-19(27)10-11-23(18)33-24/h2-11,13-16H,1,12H2. The van der Waals surface area contributed by atoms with Crippen molar-refractivity contribution in [3.63, 3.8) is 0 Å². The van der Waals surface area contributed by atoms with Gasteiger partial charge in [-0.05, 0) is 54.1 Å². The second-order valence-electron chi connectivity index (χ2n) is 7.28. The van der Waals surface area contributed by atoms with Crippen molar-refractivity contribution in [2.24, 2.45) is 5.10 Å². The zero-order chi connectivity index (χ0) is 22.8. The summed E-state index contributed by atoms with van der Waals surface area (Å²) in [5.74, 6) is 1.46. The Morgan fingerprint density at radius 2 is 1.97 bits per heavy atom. The molecule has 0 aliphatic carbocycles. The van der Waals surface area contributed by atoms with Crippen molar-refractivity contribution >= 4 is 44.0 Å². The van der Waals surface area contributed by atoms with Crippen molar-refractivity contribution in [2.75, 3.05) is 6.61 Å². The van der Waals surface area contributed by atoms with Crippen LogP contribution in [0.25, 0.3) is 33.5 Å². The molecule has 5 aromatic rings. The average Bonchev–Trinajstić information content (AvgIpc) is 3.25. The fraction of sp³-hybridized carbons (Fsp3) is 0.0385. The maximum Gasteiger partial charge on any atom is 0.282 e. The molecule has 0 bridgehead atoms. The molecule has 5 rings (SSSR count). The molecule has 0 aliphatic rings. The SMILES string of the molecule is C=CCOc1cccc(C=Nn2c(-c3cc4cc(Br)ccc4o3)nc3ccccc3c2=O)c1. The monoisotopic (exact) mass is 499 g/mol. The number of benzene rings is 3. The summed E-state index contributed by atoms with van der Waals surface area (Å²) in [6.07, 6.45) is 3.28. The number of fused-ring (bicyclic) bond motifs is 2. The zero-order valence-electron chi connectivity index (χ0n) is 17.4. The minimum atomic E-state index is -0.285. The molecule has 6 nitrogen and oxygen atoms in total. The van der Waals surface area contributed by atoms with Crippen LogP contribution in [0, 0.1) is 0 Å². The number of hydrogen-bond acceptors (Lipinski definition) is 5. The fourth-order valence-electron chi connectivity index (χ4n) is 3.48. The van der Waals surface area contributed by atoms with Crippen LogP contribution in [0.5, 0.6) is 5.75 Å². The summed E-state index contributed by atoms with van der Waals surface area (Å²) in [6.45, 7) is 4.06. The Hall–Kier alpha value is -3.97. The molecular weight excluding hydrogens is 482 g/mol. The Morgan fingerprint density at radius 3 is 2.85 bits per heavy atom. The smallest absolute Gasteiger partial charge is 0.282 e. The lowest BCUT2D eigenvalue weighted by Gasteiger charge is -2.07. The highest BCUT2D eigenvalue weighted by atomic mass is 79.9. The first kappa shape index (κ1) is 20.9. The number of hydrogen-bond donors (Lipinski definition) is 0. The van der Waals surface area contributed by atoms with Crippen molar-refractivity contribution < 1.29 is 9.15 Å². The quantitative estimate of drug-likeness (QED) is 0.211. The van der Waals surface area contributed by atoms with Gasteiger partial charge in [0, 0.05) is 9.86 Å². The van der Waals surface area contributed by atoms with E-state index in [2.05, 4.69) is 27.6 Å². The highest BCUT2D eigenvalue weighted by molar-refractivity contribution is 9.10. The molecule has 0 N–H and O–H groups in total. The molecule has 7 heteroatoms. The van der Waals surface area contributed by atoms with E-state index in [4.69, 9.17) is 14.1 Å². The van der Waals surface area contributed by atoms with Crippen LogP contribution < -0.4 is 10.3 Å². The molecule has 0 saturated heterocycles. The minimum Gasteiger partial charge on any atom is -0.490 e. The van der Waals surface area contributed by atoms with E-state index in [0.29, 0.717) is 40.4 Å². The largest absolute Gasteiger partial charge is 0.490 e. The first-order valence-electron chi connectivity index (χ1n) is 10.2. The van der Waals surface area contributed by atoms with Gasteiger partial charge in [0.1, 0.15) is 17.9 Å². The van der Waals surface area contributed by atoms with Gasteiger partial charge in [0.2, 0.25) is 5.82 Å². The van der Waals surface area contributed by atoms with Gasteiger partial charge in [0.15, 0.2) is 5.76 Å². The van der Waals surface area contributed by atoms with Crippen molar-refractivity contribution in [1.29, 1.82) is 0 Å². The molecule has 0 saturated carbocycles. The third-order valence-corrected chi connectivity index (χ3v) is 5.49. The molecule has 33 heavy (non-hydrogen) atoms. The van der Waals surface area contributed by atoms with Gasteiger partial charge >= 0.3 is 0 Å². The first-order chi connectivity index (χ1) is 16.1. The number of furan rings is 1. The minimum absolute atomic E-state index is 0.285. The number of ether oxygens (including phenoxy) is 1. The average molecular weight is 500 g/mol. The number of halogens is 1. The number of nitrogens with zero attached hydrogens (tertiary/aromatic N) is 3. The predicted molar refractivity (Wildman–Crippen MR) is 134 cm³/mol. The van der Waals surface area contributed by atoms with E-state index in [1.54, 1.807) is 30.5 Å². The van der Waals surface area contributed by atoms with Crippen molar-refractivity contribution in [2.45, 2.75) is 0 Å². The first-order valence-corrected chi connectivity index (χ1v) is 11.0. The predicted octanol–water partition coefficient (Wildman–Crippen LogP) is 6.02. The van der Waals surface area contributed by atoms with Gasteiger partial charge in [0.05, 0.1) is 17.1 Å². The summed E-state index contributed by atoms with van der Waals surface area (Å²) in [6, 6.07) is 22.2. The molecule has 162 valence electrons. The van der Waals surface area contributed by atoms with Crippen LogP contribution in [0.15, 0.2) is 104 Å². The van der Waals surface area contributed by atoms with Gasteiger partial charge in [-0.25, -0.2) is 4.98 Å². The molecule has 2 heterocycles. The van der Waals surface area contributed by atoms with Crippen LogP contribution >= 0.6 is 15.9 Å². The van der Waals surface area contributed by atoms with E-state index in [9.17, 15) is 4.79 Å². The van der Waals surface area contributed by atoms with Crippen molar-refractivity contribution in [1.82, 2.24) is 9.66 Å². The Bertz CT molecular complexity index is 1580. The molecule has 0 atom stereocenters. The highest BCUT2D eigenvalue weighted by Crippen LogP contribution is 2.29. The fourth-order valence-corrected chi connectivity index (χ4v) is 3.86.